The number of phenols is 1. The number of aromatic hydroxyl groups is 1. The van der Waals surface area contributed by atoms with E-state index < -0.39 is 0 Å². The van der Waals surface area contributed by atoms with Crippen LogP contribution in [0.1, 0.15) is 12.5 Å². The lowest BCUT2D eigenvalue weighted by atomic mass is 10.1. The van der Waals surface area contributed by atoms with Gasteiger partial charge in [-0.05, 0) is 18.1 Å². The van der Waals surface area contributed by atoms with Crippen molar-refractivity contribution in [2.24, 2.45) is 0 Å². The number of rotatable bonds is 2. The number of nitrogens with zero attached hydrogens (tertiary/aromatic N) is 1. The summed E-state index contributed by atoms with van der Waals surface area (Å²) in [5.41, 5.74) is 2.15. The Morgan fingerprint density at radius 2 is 2.07 bits per heavy atom. The lowest BCUT2D eigenvalue weighted by Crippen LogP contribution is -2.43. The predicted molar refractivity (Wildman–Crippen MR) is 62.6 cm³/mol. The molecule has 1 fully saturated rings. The van der Waals surface area contributed by atoms with Gasteiger partial charge in [0.05, 0.1) is 0 Å². The zero-order valence-electron chi connectivity index (χ0n) is 9.16. The number of benzene rings is 1. The topological polar surface area (TPSA) is 35.5 Å². The zero-order valence-corrected chi connectivity index (χ0v) is 9.16. The molecule has 2 rings (SSSR count). The molecule has 0 amide bonds. The standard InChI is InChI=1S/C12H18N2O/c1-2-10-3-4-11(9-12(10)15)14-7-5-13-6-8-14/h3-4,9,13,15H,2,5-8H2,1H3. The maximum absolute atomic E-state index is 9.78. The van der Waals surface area contributed by atoms with Crippen LogP contribution in [0.25, 0.3) is 0 Å². The molecule has 2 N–H and O–H groups in total. The highest BCUT2D eigenvalue weighted by Gasteiger charge is 2.11. The van der Waals surface area contributed by atoms with E-state index in [9.17, 15) is 5.11 Å². The maximum atomic E-state index is 9.78. The zero-order chi connectivity index (χ0) is 10.7. The Labute approximate surface area is 90.7 Å². The van der Waals surface area contributed by atoms with Crippen molar-refractivity contribution in [1.29, 1.82) is 0 Å². The van der Waals surface area contributed by atoms with E-state index in [1.54, 1.807) is 0 Å². The summed E-state index contributed by atoms with van der Waals surface area (Å²) in [4.78, 5) is 2.30. The third kappa shape index (κ3) is 2.23. The van der Waals surface area contributed by atoms with Crippen molar-refractivity contribution in [2.45, 2.75) is 13.3 Å². The monoisotopic (exact) mass is 206 g/mol. The van der Waals surface area contributed by atoms with E-state index in [1.165, 1.54) is 0 Å². The van der Waals surface area contributed by atoms with Gasteiger partial charge in [-0.25, -0.2) is 0 Å². The number of aryl methyl sites for hydroxylation is 1. The van der Waals surface area contributed by atoms with Gasteiger partial charge in [-0.1, -0.05) is 13.0 Å². The summed E-state index contributed by atoms with van der Waals surface area (Å²) < 4.78 is 0. The largest absolute Gasteiger partial charge is 0.508 e. The number of hydrogen-bond acceptors (Lipinski definition) is 3. The predicted octanol–water partition coefficient (Wildman–Crippen LogP) is 1.36. The van der Waals surface area contributed by atoms with Gasteiger partial charge in [0.1, 0.15) is 5.75 Å². The highest BCUT2D eigenvalue weighted by molar-refractivity contribution is 5.53. The van der Waals surface area contributed by atoms with Gasteiger partial charge in [-0.15, -0.1) is 0 Å². The second-order valence-electron chi connectivity index (χ2n) is 3.90. The Bertz CT molecular complexity index is 332. The third-order valence-corrected chi connectivity index (χ3v) is 2.93. The fourth-order valence-electron chi connectivity index (χ4n) is 1.97. The van der Waals surface area contributed by atoms with Crippen LogP contribution in [0.15, 0.2) is 18.2 Å². The van der Waals surface area contributed by atoms with Crippen LogP contribution in [0.5, 0.6) is 5.75 Å². The molecule has 0 saturated carbocycles. The van der Waals surface area contributed by atoms with E-state index in [4.69, 9.17) is 0 Å². The Kier molecular flexibility index (Phi) is 3.11. The average Bonchev–Trinajstić information content (AvgIpc) is 2.30. The second-order valence-corrected chi connectivity index (χ2v) is 3.90. The minimum absolute atomic E-state index is 0.425. The van der Waals surface area contributed by atoms with Crippen molar-refractivity contribution in [3.63, 3.8) is 0 Å². The average molecular weight is 206 g/mol. The molecular formula is C12H18N2O. The van der Waals surface area contributed by atoms with Gasteiger partial charge < -0.3 is 15.3 Å². The van der Waals surface area contributed by atoms with Gasteiger partial charge in [-0.2, -0.15) is 0 Å². The molecule has 0 radical (unpaired) electrons. The highest BCUT2D eigenvalue weighted by Crippen LogP contribution is 2.25. The van der Waals surface area contributed by atoms with Gasteiger partial charge >= 0.3 is 0 Å². The molecule has 0 atom stereocenters. The quantitative estimate of drug-likeness (QED) is 0.767. The van der Waals surface area contributed by atoms with Crippen LogP contribution in [-0.2, 0) is 6.42 Å². The molecule has 0 unspecified atom stereocenters. The van der Waals surface area contributed by atoms with Crippen LogP contribution in [0.2, 0.25) is 0 Å². The van der Waals surface area contributed by atoms with Crippen LogP contribution >= 0.6 is 0 Å². The van der Waals surface area contributed by atoms with Crippen molar-refractivity contribution >= 4 is 5.69 Å². The molecule has 3 nitrogen and oxygen atoms in total. The first kappa shape index (κ1) is 10.3. The molecule has 1 heterocycles. The van der Waals surface area contributed by atoms with Crippen molar-refractivity contribution in [1.82, 2.24) is 5.32 Å². The van der Waals surface area contributed by atoms with Gasteiger partial charge in [0.25, 0.3) is 0 Å². The summed E-state index contributed by atoms with van der Waals surface area (Å²) >= 11 is 0. The number of piperazine rings is 1. The van der Waals surface area contributed by atoms with Crippen molar-refractivity contribution in [2.75, 3.05) is 31.1 Å². The molecule has 0 spiro atoms. The summed E-state index contributed by atoms with van der Waals surface area (Å²) in [5, 5.41) is 13.1. The van der Waals surface area contributed by atoms with Crippen LogP contribution < -0.4 is 10.2 Å². The summed E-state index contributed by atoms with van der Waals surface area (Å²) in [6.07, 6.45) is 0.883. The molecule has 1 aliphatic rings. The Morgan fingerprint density at radius 1 is 1.33 bits per heavy atom. The minimum Gasteiger partial charge on any atom is -0.508 e. The summed E-state index contributed by atoms with van der Waals surface area (Å²) in [6.45, 7) is 6.14. The molecule has 82 valence electrons. The number of phenolic OH excluding ortho intramolecular Hbond substituents is 1. The molecule has 3 heteroatoms. The molecule has 0 aliphatic carbocycles. The van der Waals surface area contributed by atoms with Gasteiger partial charge in [-0.3, -0.25) is 0 Å². The van der Waals surface area contributed by atoms with Crippen LogP contribution in [-0.4, -0.2) is 31.3 Å². The first-order chi connectivity index (χ1) is 7.31. The van der Waals surface area contributed by atoms with Crippen LogP contribution in [0.3, 0.4) is 0 Å². The molecular weight excluding hydrogens is 188 g/mol. The van der Waals surface area contributed by atoms with E-state index in [2.05, 4.69) is 23.2 Å². The van der Waals surface area contributed by atoms with Crippen LogP contribution in [0, 0.1) is 0 Å². The lowest BCUT2D eigenvalue weighted by Gasteiger charge is -2.29. The van der Waals surface area contributed by atoms with E-state index in [1.807, 2.05) is 12.1 Å². The van der Waals surface area contributed by atoms with Gasteiger partial charge in [0.2, 0.25) is 0 Å². The van der Waals surface area contributed by atoms with Gasteiger partial charge in [0.15, 0.2) is 0 Å². The lowest BCUT2D eigenvalue weighted by molar-refractivity contribution is 0.468. The second kappa shape index (κ2) is 4.53. The molecule has 1 aromatic carbocycles. The van der Waals surface area contributed by atoms with Crippen LogP contribution in [0.4, 0.5) is 5.69 Å². The first-order valence-corrected chi connectivity index (χ1v) is 5.59. The fourth-order valence-corrected chi connectivity index (χ4v) is 1.97. The molecule has 1 aliphatic heterocycles. The number of nitrogens with one attached hydrogen (secondary N) is 1. The summed E-state index contributed by atoms with van der Waals surface area (Å²) in [5.74, 6) is 0.425. The molecule has 0 bridgehead atoms. The Hall–Kier alpha value is -1.22. The van der Waals surface area contributed by atoms with E-state index in [0.717, 1.165) is 43.9 Å². The summed E-state index contributed by atoms with van der Waals surface area (Å²) in [6, 6.07) is 6.00. The number of hydrogen-bond donors (Lipinski definition) is 2. The SMILES string of the molecule is CCc1ccc(N2CCNCC2)cc1O. The molecule has 15 heavy (non-hydrogen) atoms. The number of anilines is 1. The fraction of sp³-hybridized carbons (Fsp3) is 0.500. The van der Waals surface area contributed by atoms with Crippen molar-refractivity contribution in [3.8, 4) is 5.75 Å². The van der Waals surface area contributed by atoms with Crippen molar-refractivity contribution in [3.05, 3.63) is 23.8 Å². The third-order valence-electron chi connectivity index (χ3n) is 2.93. The van der Waals surface area contributed by atoms with E-state index in [0.29, 0.717) is 5.75 Å². The molecule has 0 aromatic heterocycles. The van der Waals surface area contributed by atoms with E-state index >= 15 is 0 Å². The maximum Gasteiger partial charge on any atom is 0.120 e. The smallest absolute Gasteiger partial charge is 0.120 e. The first-order valence-electron chi connectivity index (χ1n) is 5.59. The molecule has 1 saturated heterocycles. The van der Waals surface area contributed by atoms with Crippen molar-refractivity contribution < 1.29 is 5.11 Å². The van der Waals surface area contributed by atoms with E-state index in [-0.39, 0.29) is 0 Å². The normalized spacial score (nSPS) is 16.7. The highest BCUT2D eigenvalue weighted by atomic mass is 16.3. The Morgan fingerprint density at radius 3 is 2.67 bits per heavy atom. The van der Waals surface area contributed by atoms with Gasteiger partial charge in [0, 0.05) is 37.9 Å². The molecule has 1 aromatic rings. The summed E-state index contributed by atoms with van der Waals surface area (Å²) in [7, 11) is 0. The Balaban J connectivity index is 2.17. The minimum atomic E-state index is 0.425.